The maximum absolute atomic E-state index is 4.17. The van der Waals surface area contributed by atoms with Crippen LogP contribution in [0.25, 0.3) is 29.4 Å². The van der Waals surface area contributed by atoms with Crippen molar-refractivity contribution in [3.63, 3.8) is 0 Å². The maximum atomic E-state index is 4.17. The number of benzene rings is 4. The summed E-state index contributed by atoms with van der Waals surface area (Å²) >= 11 is 7.18. The second-order valence-corrected chi connectivity index (χ2v) is 11.6. The van der Waals surface area contributed by atoms with Gasteiger partial charge in [-0.25, -0.2) is 0 Å². The predicted molar refractivity (Wildman–Crippen MR) is 167 cm³/mol. The van der Waals surface area contributed by atoms with E-state index in [0.717, 1.165) is 37.1 Å². The standard InChI is InChI=1S/C34H27Br2N/c1-3-23-20-31(37(29-12-8-27(35)9-13-29)30-14-10-28(36)11-15-30)21-34(32(23)4-2)25-7-16-33-24-6-5-22(17-24)18-26(33)19-25/h3-4,7-16,18-21,24H,1-2,5-6,17H2. The third kappa shape index (κ3) is 4.56. The normalized spacial score (nSPS) is 15.6. The number of hydrogen-bond acceptors (Lipinski definition) is 1. The lowest BCUT2D eigenvalue weighted by Gasteiger charge is -2.27. The summed E-state index contributed by atoms with van der Waals surface area (Å²) in [7, 11) is 0. The second-order valence-electron chi connectivity index (χ2n) is 9.78. The van der Waals surface area contributed by atoms with Gasteiger partial charge < -0.3 is 4.90 Å². The molecule has 0 amide bonds. The highest BCUT2D eigenvalue weighted by Gasteiger charge is 2.27. The van der Waals surface area contributed by atoms with Crippen LogP contribution in [0.5, 0.6) is 0 Å². The van der Waals surface area contributed by atoms with Gasteiger partial charge in [-0.15, -0.1) is 0 Å². The second kappa shape index (κ2) is 9.96. The van der Waals surface area contributed by atoms with E-state index in [1.807, 2.05) is 12.2 Å². The first-order valence-electron chi connectivity index (χ1n) is 12.6. The van der Waals surface area contributed by atoms with Crippen molar-refractivity contribution >= 4 is 67.2 Å². The first kappa shape index (κ1) is 24.2. The maximum Gasteiger partial charge on any atom is 0.0474 e. The quantitative estimate of drug-likeness (QED) is 0.210. The first-order chi connectivity index (χ1) is 18.0. The monoisotopic (exact) mass is 607 g/mol. The molecule has 0 heterocycles. The van der Waals surface area contributed by atoms with Crippen molar-refractivity contribution in [2.75, 3.05) is 4.90 Å². The first-order valence-corrected chi connectivity index (χ1v) is 14.2. The molecule has 0 aliphatic heterocycles. The van der Waals surface area contributed by atoms with E-state index in [2.05, 4.69) is 135 Å². The molecule has 1 fully saturated rings. The zero-order valence-corrected chi connectivity index (χ0v) is 23.7. The summed E-state index contributed by atoms with van der Waals surface area (Å²) in [6.45, 7) is 8.33. The van der Waals surface area contributed by atoms with Crippen molar-refractivity contribution < 1.29 is 0 Å². The highest BCUT2D eigenvalue weighted by molar-refractivity contribution is 9.10. The Morgan fingerprint density at radius 2 is 1.43 bits per heavy atom. The average Bonchev–Trinajstić information content (AvgIpc) is 3.31. The molecule has 182 valence electrons. The SMILES string of the molecule is C=Cc1cc(N(c2ccc(Br)cc2)c2ccc(Br)cc2)cc(-c2ccc3c(c2)C=C2CCC3C2)c1C=C. The van der Waals surface area contributed by atoms with E-state index < -0.39 is 0 Å². The Morgan fingerprint density at radius 3 is 2.05 bits per heavy atom. The largest absolute Gasteiger partial charge is 0.310 e. The van der Waals surface area contributed by atoms with Crippen LogP contribution in [0.3, 0.4) is 0 Å². The number of fused-ring (bicyclic) bond motifs is 4. The third-order valence-corrected chi connectivity index (χ3v) is 8.63. The lowest BCUT2D eigenvalue weighted by atomic mass is 9.85. The van der Waals surface area contributed by atoms with E-state index in [-0.39, 0.29) is 0 Å². The number of allylic oxidation sites excluding steroid dienone is 1. The zero-order valence-electron chi connectivity index (χ0n) is 20.6. The van der Waals surface area contributed by atoms with Crippen molar-refractivity contribution in [2.24, 2.45) is 0 Å². The van der Waals surface area contributed by atoms with E-state index in [1.165, 1.54) is 41.5 Å². The number of rotatable bonds is 6. The van der Waals surface area contributed by atoms with Crippen LogP contribution < -0.4 is 4.90 Å². The molecule has 1 nitrogen and oxygen atoms in total. The van der Waals surface area contributed by atoms with Gasteiger partial charge in [0.25, 0.3) is 0 Å². The fourth-order valence-electron chi connectivity index (χ4n) is 5.79. The Bertz CT molecular complexity index is 1500. The summed E-state index contributed by atoms with van der Waals surface area (Å²) in [5, 5.41) is 0. The van der Waals surface area contributed by atoms with Crippen LogP contribution in [0.4, 0.5) is 17.1 Å². The molecule has 3 heteroatoms. The van der Waals surface area contributed by atoms with Crippen molar-refractivity contribution in [2.45, 2.75) is 25.2 Å². The summed E-state index contributed by atoms with van der Waals surface area (Å²) in [5.41, 5.74) is 12.3. The van der Waals surface area contributed by atoms with Gasteiger partial charge in [-0.1, -0.05) is 81.0 Å². The molecule has 0 radical (unpaired) electrons. The fourth-order valence-corrected chi connectivity index (χ4v) is 6.32. The van der Waals surface area contributed by atoms with Gasteiger partial charge >= 0.3 is 0 Å². The van der Waals surface area contributed by atoms with Crippen molar-refractivity contribution in [1.82, 2.24) is 0 Å². The topological polar surface area (TPSA) is 3.24 Å². The lowest BCUT2D eigenvalue weighted by molar-refractivity contribution is 0.727. The van der Waals surface area contributed by atoms with Gasteiger partial charge in [-0.2, -0.15) is 0 Å². The van der Waals surface area contributed by atoms with Crippen LogP contribution >= 0.6 is 31.9 Å². The average molecular weight is 609 g/mol. The molecule has 0 saturated heterocycles. The Morgan fingerprint density at radius 1 is 0.757 bits per heavy atom. The zero-order chi connectivity index (χ0) is 25.5. The van der Waals surface area contributed by atoms with Gasteiger partial charge in [-0.05, 0) is 125 Å². The molecule has 37 heavy (non-hydrogen) atoms. The molecule has 4 aromatic carbocycles. The fraction of sp³-hybridized carbons (Fsp3) is 0.118. The smallest absolute Gasteiger partial charge is 0.0474 e. The number of anilines is 3. The molecule has 1 atom stereocenters. The lowest BCUT2D eigenvalue weighted by Crippen LogP contribution is -2.11. The Balaban J connectivity index is 1.55. The minimum absolute atomic E-state index is 0.684. The van der Waals surface area contributed by atoms with Crippen LogP contribution in [-0.4, -0.2) is 0 Å². The summed E-state index contributed by atoms with van der Waals surface area (Å²) in [4.78, 5) is 2.29. The molecular formula is C34H27Br2N. The van der Waals surface area contributed by atoms with Crippen LogP contribution in [0.1, 0.15) is 47.4 Å². The highest BCUT2D eigenvalue weighted by Crippen LogP contribution is 2.46. The molecule has 2 aliphatic carbocycles. The van der Waals surface area contributed by atoms with Crippen LogP contribution in [0.15, 0.2) is 107 Å². The summed E-state index contributed by atoms with van der Waals surface area (Å²) < 4.78 is 2.11. The minimum atomic E-state index is 0.684. The molecule has 2 bridgehead atoms. The molecule has 1 unspecified atom stereocenters. The van der Waals surface area contributed by atoms with Gasteiger partial charge in [0.05, 0.1) is 0 Å². The molecule has 0 spiro atoms. The molecule has 1 saturated carbocycles. The van der Waals surface area contributed by atoms with Crippen molar-refractivity contribution in [3.8, 4) is 11.1 Å². The number of hydrogen-bond donors (Lipinski definition) is 0. The van der Waals surface area contributed by atoms with E-state index in [1.54, 1.807) is 5.57 Å². The van der Waals surface area contributed by atoms with Gasteiger partial charge in [0, 0.05) is 26.0 Å². The number of nitrogens with zero attached hydrogens (tertiary/aromatic N) is 1. The van der Waals surface area contributed by atoms with Gasteiger partial charge in [0.2, 0.25) is 0 Å². The van der Waals surface area contributed by atoms with Gasteiger partial charge in [0.15, 0.2) is 0 Å². The van der Waals surface area contributed by atoms with Gasteiger partial charge in [0.1, 0.15) is 0 Å². The van der Waals surface area contributed by atoms with E-state index in [0.29, 0.717) is 5.92 Å². The van der Waals surface area contributed by atoms with Crippen LogP contribution in [-0.2, 0) is 0 Å². The minimum Gasteiger partial charge on any atom is -0.310 e. The van der Waals surface area contributed by atoms with Crippen LogP contribution in [0.2, 0.25) is 0 Å². The van der Waals surface area contributed by atoms with E-state index in [4.69, 9.17) is 0 Å². The molecule has 0 N–H and O–H groups in total. The molecule has 6 rings (SSSR count). The Hall–Kier alpha value is -3.14. The van der Waals surface area contributed by atoms with Crippen molar-refractivity contribution in [3.05, 3.63) is 129 Å². The van der Waals surface area contributed by atoms with Crippen molar-refractivity contribution in [1.29, 1.82) is 0 Å². The molecular weight excluding hydrogens is 582 g/mol. The third-order valence-electron chi connectivity index (χ3n) is 7.57. The highest BCUT2D eigenvalue weighted by atomic mass is 79.9. The van der Waals surface area contributed by atoms with E-state index in [9.17, 15) is 0 Å². The molecule has 2 aliphatic rings. The summed E-state index contributed by atoms with van der Waals surface area (Å²) in [5.74, 6) is 0.684. The Kier molecular flexibility index (Phi) is 6.52. The summed E-state index contributed by atoms with van der Waals surface area (Å²) in [6, 6.07) is 28.4. The van der Waals surface area contributed by atoms with Crippen LogP contribution in [0, 0.1) is 0 Å². The number of halogens is 2. The molecule has 0 aromatic heterocycles. The molecule has 4 aromatic rings. The summed E-state index contributed by atoms with van der Waals surface area (Å²) in [6.07, 6.45) is 10.1. The van der Waals surface area contributed by atoms with Gasteiger partial charge in [-0.3, -0.25) is 0 Å². The van der Waals surface area contributed by atoms with E-state index >= 15 is 0 Å². The Labute approximate surface area is 236 Å². The predicted octanol–water partition coefficient (Wildman–Crippen LogP) is 11.3.